The van der Waals surface area contributed by atoms with Gasteiger partial charge in [0.25, 0.3) is 0 Å². The van der Waals surface area contributed by atoms with Crippen molar-refractivity contribution in [3.8, 4) is 5.75 Å². The highest BCUT2D eigenvalue weighted by Crippen LogP contribution is 2.15. The molecule has 0 aliphatic carbocycles. The van der Waals surface area contributed by atoms with Crippen molar-refractivity contribution in [2.24, 2.45) is 5.73 Å². The highest BCUT2D eigenvalue weighted by atomic mass is 19.1. The van der Waals surface area contributed by atoms with Crippen LogP contribution in [0.2, 0.25) is 0 Å². The summed E-state index contributed by atoms with van der Waals surface area (Å²) in [7, 11) is 1.68. The number of likely N-dealkylation sites (N-methyl/N-ethyl adjacent to an activating group) is 1. The number of unbranched alkanes of at least 4 members (excludes halogenated alkanes) is 1. The summed E-state index contributed by atoms with van der Waals surface area (Å²) >= 11 is 0. The maximum Gasteiger partial charge on any atom is 0.239 e. The minimum Gasteiger partial charge on any atom is -0.489 e. The van der Waals surface area contributed by atoms with E-state index in [1.807, 2.05) is 0 Å². The zero-order valence-electron chi connectivity index (χ0n) is 12.1. The lowest BCUT2D eigenvalue weighted by atomic mass is 10.1. The second-order valence-corrected chi connectivity index (χ2v) is 4.79. The molecule has 1 atom stereocenters. The van der Waals surface area contributed by atoms with Crippen molar-refractivity contribution in [1.82, 2.24) is 4.90 Å². The number of ether oxygens (including phenoxy) is 1. The average molecular weight is 282 g/mol. The molecule has 1 aromatic carbocycles. The zero-order chi connectivity index (χ0) is 15.0. The normalized spacial score (nSPS) is 12.0. The standard InChI is InChI=1S/C15H23FN2O2/c1-3-4-8-13(17)15(19)18(2)10-11-20-14-9-6-5-7-12(14)16/h5-7,9,13H,3-4,8,10-11,17H2,1-2H3. The van der Waals surface area contributed by atoms with E-state index in [0.29, 0.717) is 13.0 Å². The topological polar surface area (TPSA) is 55.6 Å². The molecule has 5 heteroatoms. The summed E-state index contributed by atoms with van der Waals surface area (Å²) in [4.78, 5) is 13.5. The second kappa shape index (κ2) is 8.53. The van der Waals surface area contributed by atoms with Crippen LogP contribution in [0.25, 0.3) is 0 Å². The molecule has 0 aromatic heterocycles. The van der Waals surface area contributed by atoms with Gasteiger partial charge in [0.05, 0.1) is 12.6 Å². The molecule has 0 aliphatic heterocycles. The molecule has 1 rings (SSSR count). The van der Waals surface area contributed by atoms with Crippen molar-refractivity contribution < 1.29 is 13.9 Å². The second-order valence-electron chi connectivity index (χ2n) is 4.79. The van der Waals surface area contributed by atoms with Gasteiger partial charge in [-0.3, -0.25) is 4.79 Å². The Labute approximate surface area is 119 Å². The maximum atomic E-state index is 13.3. The lowest BCUT2D eigenvalue weighted by Crippen LogP contribution is -2.43. The molecular weight excluding hydrogens is 259 g/mol. The Kier molecular flexibility index (Phi) is 7.01. The molecular formula is C15H23FN2O2. The van der Waals surface area contributed by atoms with Crippen LogP contribution in [0.1, 0.15) is 26.2 Å². The van der Waals surface area contributed by atoms with Crippen LogP contribution < -0.4 is 10.5 Å². The van der Waals surface area contributed by atoms with Crippen molar-refractivity contribution in [3.63, 3.8) is 0 Å². The highest BCUT2D eigenvalue weighted by molar-refractivity contribution is 5.81. The van der Waals surface area contributed by atoms with E-state index in [1.54, 1.807) is 25.2 Å². The first-order valence-electron chi connectivity index (χ1n) is 6.94. The number of carbonyl (C=O) groups excluding carboxylic acids is 1. The molecule has 1 amide bonds. The monoisotopic (exact) mass is 282 g/mol. The Morgan fingerprint density at radius 1 is 1.45 bits per heavy atom. The summed E-state index contributed by atoms with van der Waals surface area (Å²) in [5.41, 5.74) is 5.82. The Bertz CT molecular complexity index is 426. The fraction of sp³-hybridized carbons (Fsp3) is 0.533. The lowest BCUT2D eigenvalue weighted by molar-refractivity contribution is -0.131. The molecule has 0 saturated heterocycles. The van der Waals surface area contributed by atoms with Gasteiger partial charge in [-0.25, -0.2) is 4.39 Å². The molecule has 0 fully saturated rings. The number of amides is 1. The molecule has 112 valence electrons. The van der Waals surface area contributed by atoms with Crippen LogP contribution in [-0.2, 0) is 4.79 Å². The lowest BCUT2D eigenvalue weighted by Gasteiger charge is -2.21. The summed E-state index contributed by atoms with van der Waals surface area (Å²) in [5.74, 6) is -0.305. The molecule has 20 heavy (non-hydrogen) atoms. The molecule has 2 N–H and O–H groups in total. The third kappa shape index (κ3) is 5.17. The quantitative estimate of drug-likeness (QED) is 0.795. The number of halogens is 1. The van der Waals surface area contributed by atoms with Gasteiger partial charge in [-0.05, 0) is 18.6 Å². The fourth-order valence-electron chi connectivity index (χ4n) is 1.80. The number of para-hydroxylation sites is 1. The van der Waals surface area contributed by atoms with Crippen molar-refractivity contribution in [1.29, 1.82) is 0 Å². The molecule has 0 heterocycles. The van der Waals surface area contributed by atoms with Gasteiger partial charge in [0.15, 0.2) is 11.6 Å². The number of nitrogens with zero attached hydrogens (tertiary/aromatic N) is 1. The number of hydrogen-bond donors (Lipinski definition) is 1. The minimum absolute atomic E-state index is 0.101. The van der Waals surface area contributed by atoms with Gasteiger partial charge in [-0.1, -0.05) is 31.9 Å². The first-order valence-corrected chi connectivity index (χ1v) is 6.94. The number of benzene rings is 1. The molecule has 0 radical (unpaired) electrons. The first-order chi connectivity index (χ1) is 9.56. The van der Waals surface area contributed by atoms with Crippen molar-refractivity contribution in [3.05, 3.63) is 30.1 Å². The van der Waals surface area contributed by atoms with Crippen LogP contribution in [0.15, 0.2) is 24.3 Å². The Balaban J connectivity index is 2.34. The van der Waals surface area contributed by atoms with Crippen molar-refractivity contribution in [2.75, 3.05) is 20.2 Å². The minimum atomic E-state index is -0.464. The molecule has 0 saturated carbocycles. The van der Waals surface area contributed by atoms with E-state index < -0.39 is 11.9 Å². The summed E-state index contributed by atoms with van der Waals surface area (Å²) in [6, 6.07) is 5.74. The predicted octanol–water partition coefficient (Wildman–Crippen LogP) is 2.18. The van der Waals surface area contributed by atoms with E-state index in [-0.39, 0.29) is 18.3 Å². The van der Waals surface area contributed by atoms with Gasteiger partial charge >= 0.3 is 0 Å². The van der Waals surface area contributed by atoms with Crippen LogP contribution >= 0.6 is 0 Å². The molecule has 1 aromatic rings. The highest BCUT2D eigenvalue weighted by Gasteiger charge is 2.17. The zero-order valence-corrected chi connectivity index (χ0v) is 12.1. The molecule has 0 spiro atoms. The Morgan fingerprint density at radius 3 is 2.80 bits per heavy atom. The smallest absolute Gasteiger partial charge is 0.239 e. The van der Waals surface area contributed by atoms with Gasteiger partial charge in [0.1, 0.15) is 6.61 Å². The van der Waals surface area contributed by atoms with Gasteiger partial charge in [0, 0.05) is 7.05 Å². The van der Waals surface area contributed by atoms with Crippen LogP contribution in [-0.4, -0.2) is 37.0 Å². The van der Waals surface area contributed by atoms with Gasteiger partial charge in [-0.15, -0.1) is 0 Å². The van der Waals surface area contributed by atoms with E-state index in [1.165, 1.54) is 11.0 Å². The maximum absolute atomic E-state index is 13.3. The van der Waals surface area contributed by atoms with Gasteiger partial charge in [0.2, 0.25) is 5.91 Å². The van der Waals surface area contributed by atoms with Gasteiger partial charge in [-0.2, -0.15) is 0 Å². The predicted molar refractivity (Wildman–Crippen MR) is 77.0 cm³/mol. The molecule has 1 unspecified atom stereocenters. The van der Waals surface area contributed by atoms with E-state index in [0.717, 1.165) is 12.8 Å². The summed E-state index contributed by atoms with van der Waals surface area (Å²) < 4.78 is 18.6. The third-order valence-electron chi connectivity index (χ3n) is 3.08. The number of rotatable bonds is 8. The van der Waals surface area contributed by atoms with E-state index in [2.05, 4.69) is 6.92 Å². The summed E-state index contributed by atoms with van der Waals surface area (Å²) in [5, 5.41) is 0. The first kappa shape index (κ1) is 16.4. The summed E-state index contributed by atoms with van der Waals surface area (Å²) in [6.07, 6.45) is 2.64. The van der Waals surface area contributed by atoms with Crippen LogP contribution in [0.4, 0.5) is 4.39 Å². The Hall–Kier alpha value is -1.62. The van der Waals surface area contributed by atoms with Crippen LogP contribution in [0.5, 0.6) is 5.75 Å². The van der Waals surface area contributed by atoms with E-state index in [9.17, 15) is 9.18 Å². The van der Waals surface area contributed by atoms with Gasteiger partial charge < -0.3 is 15.4 Å². The fourth-order valence-corrected chi connectivity index (χ4v) is 1.80. The number of carbonyl (C=O) groups is 1. The number of hydrogen-bond acceptors (Lipinski definition) is 3. The SMILES string of the molecule is CCCCC(N)C(=O)N(C)CCOc1ccccc1F. The van der Waals surface area contributed by atoms with E-state index >= 15 is 0 Å². The number of nitrogens with two attached hydrogens (primary N) is 1. The average Bonchev–Trinajstić information content (AvgIpc) is 2.45. The van der Waals surface area contributed by atoms with Crippen LogP contribution in [0, 0.1) is 5.82 Å². The molecule has 4 nitrogen and oxygen atoms in total. The largest absolute Gasteiger partial charge is 0.489 e. The molecule has 0 aliphatic rings. The van der Waals surface area contributed by atoms with Crippen LogP contribution in [0.3, 0.4) is 0 Å². The van der Waals surface area contributed by atoms with Crippen molar-refractivity contribution >= 4 is 5.91 Å². The third-order valence-corrected chi connectivity index (χ3v) is 3.08. The van der Waals surface area contributed by atoms with E-state index in [4.69, 9.17) is 10.5 Å². The van der Waals surface area contributed by atoms with Crippen molar-refractivity contribution in [2.45, 2.75) is 32.2 Å². The Morgan fingerprint density at radius 2 is 2.15 bits per heavy atom. The summed E-state index contributed by atoms with van der Waals surface area (Å²) in [6.45, 7) is 2.68. The molecule has 0 bridgehead atoms.